The van der Waals surface area contributed by atoms with Crippen LogP contribution in [-0.2, 0) is 4.79 Å². The second kappa shape index (κ2) is 7.47. The van der Waals surface area contributed by atoms with Crippen LogP contribution >= 0.6 is 0 Å². The SMILES string of the molecule is COc1ccc2c(c1)OC(C)(C)C[C@@H]2NC(=O)[C@H](C)Oc1ccc(F)cc1. The summed E-state index contributed by atoms with van der Waals surface area (Å²) in [6.45, 7) is 5.62. The lowest BCUT2D eigenvalue weighted by molar-refractivity contribution is -0.128. The van der Waals surface area contributed by atoms with E-state index in [-0.39, 0.29) is 17.8 Å². The average Bonchev–Trinajstić information content (AvgIpc) is 2.62. The van der Waals surface area contributed by atoms with Crippen LogP contribution in [0, 0.1) is 5.82 Å². The van der Waals surface area contributed by atoms with Gasteiger partial charge in [-0.25, -0.2) is 4.39 Å². The highest BCUT2D eigenvalue weighted by Crippen LogP contribution is 2.41. The Morgan fingerprint density at radius 2 is 1.89 bits per heavy atom. The maximum Gasteiger partial charge on any atom is 0.261 e. The molecule has 0 saturated carbocycles. The highest BCUT2D eigenvalue weighted by atomic mass is 19.1. The van der Waals surface area contributed by atoms with Crippen molar-refractivity contribution in [3.8, 4) is 17.2 Å². The van der Waals surface area contributed by atoms with Gasteiger partial charge in [0.15, 0.2) is 6.10 Å². The summed E-state index contributed by atoms with van der Waals surface area (Å²) in [5.74, 6) is 1.24. The van der Waals surface area contributed by atoms with Gasteiger partial charge in [0.25, 0.3) is 5.91 Å². The maximum absolute atomic E-state index is 13.0. The number of methoxy groups -OCH3 is 1. The van der Waals surface area contributed by atoms with Crippen LogP contribution < -0.4 is 19.5 Å². The van der Waals surface area contributed by atoms with E-state index in [0.717, 1.165) is 5.56 Å². The Morgan fingerprint density at radius 3 is 2.56 bits per heavy atom. The Balaban J connectivity index is 1.74. The molecule has 2 aromatic rings. The summed E-state index contributed by atoms with van der Waals surface area (Å²) in [6, 6.07) is 11.0. The molecule has 1 amide bonds. The van der Waals surface area contributed by atoms with Gasteiger partial charge in [-0.3, -0.25) is 4.79 Å². The van der Waals surface area contributed by atoms with Crippen LogP contribution in [0.15, 0.2) is 42.5 Å². The number of carbonyl (C=O) groups is 1. The van der Waals surface area contributed by atoms with Crippen LogP contribution in [0.4, 0.5) is 4.39 Å². The van der Waals surface area contributed by atoms with E-state index < -0.39 is 11.7 Å². The molecule has 1 aliphatic rings. The molecule has 0 saturated heterocycles. The average molecular weight is 373 g/mol. The zero-order valence-electron chi connectivity index (χ0n) is 15.9. The minimum absolute atomic E-state index is 0.207. The zero-order chi connectivity index (χ0) is 19.6. The standard InChI is InChI=1S/C21H24FNO4/c1-13(26-15-7-5-14(22)6-8-15)20(24)23-18-12-21(2,3)27-19-11-16(25-4)9-10-17(18)19/h5-11,13,18H,12H2,1-4H3,(H,23,24)/t13-,18-/m0/s1. The number of halogens is 1. The first-order valence-corrected chi connectivity index (χ1v) is 8.87. The Morgan fingerprint density at radius 1 is 1.22 bits per heavy atom. The van der Waals surface area contributed by atoms with Crippen molar-refractivity contribution < 1.29 is 23.4 Å². The molecule has 3 rings (SSSR count). The summed E-state index contributed by atoms with van der Waals surface area (Å²) < 4.78 is 29.9. The quantitative estimate of drug-likeness (QED) is 0.860. The molecule has 0 aliphatic carbocycles. The zero-order valence-corrected chi connectivity index (χ0v) is 15.9. The normalized spacial score (nSPS) is 18.6. The summed E-state index contributed by atoms with van der Waals surface area (Å²) >= 11 is 0. The molecule has 6 heteroatoms. The second-order valence-electron chi connectivity index (χ2n) is 7.24. The minimum Gasteiger partial charge on any atom is -0.497 e. The number of rotatable bonds is 5. The monoisotopic (exact) mass is 373 g/mol. The number of fused-ring (bicyclic) bond motifs is 1. The van der Waals surface area contributed by atoms with Crippen LogP contribution in [-0.4, -0.2) is 24.7 Å². The predicted molar refractivity (Wildman–Crippen MR) is 99.7 cm³/mol. The summed E-state index contributed by atoms with van der Waals surface area (Å²) in [5.41, 5.74) is 0.468. The van der Waals surface area contributed by atoms with Crippen LogP contribution in [0.3, 0.4) is 0 Å². The fraction of sp³-hybridized carbons (Fsp3) is 0.381. The van der Waals surface area contributed by atoms with Crippen molar-refractivity contribution in [2.24, 2.45) is 0 Å². The smallest absolute Gasteiger partial charge is 0.261 e. The third-order valence-corrected chi connectivity index (χ3v) is 4.49. The molecule has 0 spiro atoms. The van der Waals surface area contributed by atoms with Gasteiger partial charge < -0.3 is 19.5 Å². The number of carbonyl (C=O) groups excluding carboxylic acids is 1. The van der Waals surface area contributed by atoms with Crippen molar-refractivity contribution in [1.82, 2.24) is 5.32 Å². The fourth-order valence-corrected chi connectivity index (χ4v) is 3.15. The summed E-state index contributed by atoms with van der Waals surface area (Å²) in [7, 11) is 1.60. The van der Waals surface area contributed by atoms with Gasteiger partial charge in [-0.1, -0.05) is 0 Å². The van der Waals surface area contributed by atoms with E-state index in [1.807, 2.05) is 32.0 Å². The van der Waals surface area contributed by atoms with Crippen LogP contribution in [0.2, 0.25) is 0 Å². The summed E-state index contributed by atoms with van der Waals surface area (Å²) in [6.07, 6.45) is -0.0930. The molecule has 0 fully saturated rings. The maximum atomic E-state index is 13.0. The lowest BCUT2D eigenvalue weighted by atomic mass is 9.89. The Hall–Kier alpha value is -2.76. The lowest BCUT2D eigenvalue weighted by Gasteiger charge is -2.38. The van der Waals surface area contributed by atoms with E-state index in [1.54, 1.807) is 14.0 Å². The van der Waals surface area contributed by atoms with Crippen molar-refractivity contribution in [1.29, 1.82) is 0 Å². The van der Waals surface area contributed by atoms with Crippen molar-refractivity contribution in [3.05, 3.63) is 53.8 Å². The van der Waals surface area contributed by atoms with E-state index in [4.69, 9.17) is 14.2 Å². The molecule has 0 aromatic heterocycles. The Bertz CT molecular complexity index is 819. The van der Waals surface area contributed by atoms with Crippen LogP contribution in [0.25, 0.3) is 0 Å². The molecule has 0 bridgehead atoms. The molecule has 144 valence electrons. The summed E-state index contributed by atoms with van der Waals surface area (Å²) in [5, 5.41) is 3.04. The van der Waals surface area contributed by atoms with E-state index in [9.17, 15) is 9.18 Å². The number of benzene rings is 2. The van der Waals surface area contributed by atoms with Crippen molar-refractivity contribution in [2.75, 3.05) is 7.11 Å². The first-order valence-electron chi connectivity index (χ1n) is 8.87. The van der Waals surface area contributed by atoms with Gasteiger partial charge in [-0.2, -0.15) is 0 Å². The van der Waals surface area contributed by atoms with Crippen LogP contribution in [0.5, 0.6) is 17.2 Å². The number of amides is 1. The molecule has 27 heavy (non-hydrogen) atoms. The molecule has 2 aromatic carbocycles. The van der Waals surface area contributed by atoms with Crippen molar-refractivity contribution in [2.45, 2.75) is 44.9 Å². The topological polar surface area (TPSA) is 56.8 Å². The molecule has 1 N–H and O–H groups in total. The molecule has 5 nitrogen and oxygen atoms in total. The van der Waals surface area contributed by atoms with Gasteiger partial charge in [0.2, 0.25) is 0 Å². The van der Waals surface area contributed by atoms with Gasteiger partial charge in [0, 0.05) is 18.1 Å². The van der Waals surface area contributed by atoms with Gasteiger partial charge in [0.05, 0.1) is 13.2 Å². The van der Waals surface area contributed by atoms with E-state index in [2.05, 4.69) is 5.32 Å². The number of ether oxygens (including phenoxy) is 3. The van der Waals surface area contributed by atoms with E-state index >= 15 is 0 Å². The summed E-state index contributed by atoms with van der Waals surface area (Å²) in [4.78, 5) is 12.7. The van der Waals surface area contributed by atoms with E-state index in [0.29, 0.717) is 23.7 Å². The van der Waals surface area contributed by atoms with Gasteiger partial charge in [0.1, 0.15) is 28.7 Å². The molecule has 1 aliphatic heterocycles. The van der Waals surface area contributed by atoms with Gasteiger partial charge in [-0.05, 0) is 57.2 Å². The molecule has 0 radical (unpaired) electrons. The highest BCUT2D eigenvalue weighted by Gasteiger charge is 2.35. The third kappa shape index (κ3) is 4.51. The Kier molecular flexibility index (Phi) is 5.26. The van der Waals surface area contributed by atoms with Gasteiger partial charge in [-0.15, -0.1) is 0 Å². The fourth-order valence-electron chi connectivity index (χ4n) is 3.15. The molecule has 2 atom stereocenters. The molecular formula is C21H24FNO4. The first-order chi connectivity index (χ1) is 12.8. The Labute approximate surface area is 158 Å². The second-order valence-corrected chi connectivity index (χ2v) is 7.24. The number of nitrogens with one attached hydrogen (secondary N) is 1. The van der Waals surface area contributed by atoms with E-state index in [1.165, 1.54) is 24.3 Å². The predicted octanol–water partition coefficient (Wildman–Crippen LogP) is 4.02. The molecule has 0 unspecified atom stereocenters. The number of hydrogen-bond acceptors (Lipinski definition) is 4. The van der Waals surface area contributed by atoms with Gasteiger partial charge >= 0.3 is 0 Å². The largest absolute Gasteiger partial charge is 0.497 e. The highest BCUT2D eigenvalue weighted by molar-refractivity contribution is 5.81. The van der Waals surface area contributed by atoms with Crippen LogP contribution in [0.1, 0.15) is 38.8 Å². The molecule has 1 heterocycles. The van der Waals surface area contributed by atoms with Crippen molar-refractivity contribution in [3.63, 3.8) is 0 Å². The first kappa shape index (κ1) is 19.0. The lowest BCUT2D eigenvalue weighted by Crippen LogP contribution is -2.44. The molecular weight excluding hydrogens is 349 g/mol. The minimum atomic E-state index is -0.719. The third-order valence-electron chi connectivity index (χ3n) is 4.49. The van der Waals surface area contributed by atoms with Crippen molar-refractivity contribution >= 4 is 5.91 Å². The number of hydrogen-bond donors (Lipinski definition) is 1.